The molecule has 50 heavy (non-hydrogen) atoms. The van der Waals surface area contributed by atoms with Gasteiger partial charge in [-0.3, -0.25) is 19.2 Å². The molecule has 2 aliphatic carbocycles. The number of aliphatic hydroxyl groups is 2. The maximum Gasteiger partial charge on any atom is 0.194 e. The minimum absolute atomic E-state index is 0.178. The van der Waals surface area contributed by atoms with Crippen molar-refractivity contribution in [3.05, 3.63) is 164 Å². The Kier molecular flexibility index (Phi) is 7.74. The van der Waals surface area contributed by atoms with Crippen LogP contribution in [0.25, 0.3) is 11.1 Å². The largest absolute Gasteiger partial charge is 0.382 e. The second-order valence-electron chi connectivity index (χ2n) is 14.8. The summed E-state index contributed by atoms with van der Waals surface area (Å²) in [6, 6.07) is 31.6. The van der Waals surface area contributed by atoms with E-state index in [0.29, 0.717) is 46.2 Å². The van der Waals surface area contributed by atoms with E-state index in [1.807, 2.05) is 43.3 Å². The first-order valence-electron chi connectivity index (χ1n) is 16.8. The van der Waals surface area contributed by atoms with E-state index in [9.17, 15) is 29.4 Å². The third-order valence-corrected chi connectivity index (χ3v) is 10.1. The van der Waals surface area contributed by atoms with Crippen molar-refractivity contribution in [2.45, 2.75) is 64.1 Å². The summed E-state index contributed by atoms with van der Waals surface area (Å²) in [6.45, 7) is 7.92. The molecule has 5 aromatic carbocycles. The quantitative estimate of drug-likeness (QED) is 0.164. The van der Waals surface area contributed by atoms with E-state index >= 15 is 0 Å². The first kappa shape index (κ1) is 33.2. The van der Waals surface area contributed by atoms with Crippen LogP contribution in [0.2, 0.25) is 0 Å². The summed E-state index contributed by atoms with van der Waals surface area (Å²) < 4.78 is 0. The van der Waals surface area contributed by atoms with Gasteiger partial charge in [-0.15, -0.1) is 0 Å². The van der Waals surface area contributed by atoms with Crippen LogP contribution in [0.3, 0.4) is 0 Å². The normalized spacial score (nSPS) is 14.5. The fourth-order valence-electron chi connectivity index (χ4n) is 7.59. The summed E-state index contributed by atoms with van der Waals surface area (Å²) in [5.74, 6) is -1.12. The molecule has 0 fully saturated rings. The van der Waals surface area contributed by atoms with Crippen molar-refractivity contribution in [1.29, 1.82) is 0 Å². The molecule has 0 saturated heterocycles. The maximum atomic E-state index is 14.0. The molecule has 0 aliphatic heterocycles. The Morgan fingerprint density at radius 1 is 0.540 bits per heavy atom. The Morgan fingerprint density at radius 2 is 0.980 bits per heavy atom. The number of aryl methyl sites for hydroxylation is 1. The first-order chi connectivity index (χ1) is 23.6. The molecule has 6 nitrogen and oxygen atoms in total. The average molecular weight is 663 g/mol. The van der Waals surface area contributed by atoms with Crippen molar-refractivity contribution in [3.63, 3.8) is 0 Å². The molecule has 0 atom stereocenters. The van der Waals surface area contributed by atoms with E-state index in [4.69, 9.17) is 0 Å². The third-order valence-electron chi connectivity index (χ3n) is 10.1. The second kappa shape index (κ2) is 11.7. The zero-order chi connectivity index (χ0) is 35.7. The number of ketones is 4. The van der Waals surface area contributed by atoms with Crippen molar-refractivity contribution in [2.75, 3.05) is 0 Å². The molecule has 0 radical (unpaired) electrons. The number of carbonyl (C=O) groups is 4. The van der Waals surface area contributed by atoms with Crippen molar-refractivity contribution in [2.24, 2.45) is 0 Å². The van der Waals surface area contributed by atoms with Crippen LogP contribution in [0.4, 0.5) is 0 Å². The molecule has 2 aliphatic rings. The summed E-state index contributed by atoms with van der Waals surface area (Å²) in [4.78, 5) is 53.6. The van der Waals surface area contributed by atoms with Gasteiger partial charge in [0.05, 0.1) is 0 Å². The van der Waals surface area contributed by atoms with Crippen LogP contribution in [-0.4, -0.2) is 44.5 Å². The summed E-state index contributed by atoms with van der Waals surface area (Å²) in [7, 11) is 0. The van der Waals surface area contributed by atoms with Crippen LogP contribution in [0.15, 0.2) is 103 Å². The Balaban J connectivity index is 1.43. The van der Waals surface area contributed by atoms with Crippen molar-refractivity contribution < 1.29 is 29.4 Å². The molecule has 6 heteroatoms. The maximum absolute atomic E-state index is 14.0. The lowest BCUT2D eigenvalue weighted by Crippen LogP contribution is -2.33. The highest BCUT2D eigenvalue weighted by atomic mass is 16.3. The van der Waals surface area contributed by atoms with Crippen molar-refractivity contribution >= 4 is 23.1 Å². The smallest absolute Gasteiger partial charge is 0.194 e. The average Bonchev–Trinajstić information content (AvgIpc) is 3.33. The van der Waals surface area contributed by atoms with Crippen LogP contribution >= 0.6 is 0 Å². The SMILES string of the molecule is Cc1ccc2c(c1)C(Cc1ccc(C(=O)C(C)(C)O)cc1)(Cc1ccc(C(=O)C(C)(C)O)cc1)c1cc3c(cc1-2)C(=O)c1ccccc1C3=O. The van der Waals surface area contributed by atoms with Gasteiger partial charge in [0.2, 0.25) is 0 Å². The Labute approximate surface area is 291 Å². The molecule has 0 amide bonds. The molecule has 5 aromatic rings. The molecule has 2 N–H and O–H groups in total. The van der Waals surface area contributed by atoms with E-state index in [-0.39, 0.29) is 23.1 Å². The topological polar surface area (TPSA) is 109 Å². The number of benzene rings is 5. The Bertz CT molecular complexity index is 2170. The highest BCUT2D eigenvalue weighted by molar-refractivity contribution is 6.29. The fourth-order valence-corrected chi connectivity index (χ4v) is 7.59. The van der Waals surface area contributed by atoms with Gasteiger partial charge < -0.3 is 10.2 Å². The molecule has 0 bridgehead atoms. The van der Waals surface area contributed by atoms with Gasteiger partial charge in [0.15, 0.2) is 23.1 Å². The summed E-state index contributed by atoms with van der Waals surface area (Å²) >= 11 is 0. The number of rotatable bonds is 8. The van der Waals surface area contributed by atoms with Crippen molar-refractivity contribution in [3.8, 4) is 11.1 Å². The van der Waals surface area contributed by atoms with Crippen molar-refractivity contribution in [1.82, 2.24) is 0 Å². The zero-order valence-electron chi connectivity index (χ0n) is 28.8. The molecular weight excluding hydrogens is 624 g/mol. The van der Waals surface area contributed by atoms with E-state index in [1.165, 1.54) is 27.7 Å². The lowest BCUT2D eigenvalue weighted by Gasteiger charge is -2.34. The first-order valence-corrected chi connectivity index (χ1v) is 16.8. The number of hydrogen-bond donors (Lipinski definition) is 2. The van der Waals surface area contributed by atoms with Crippen LogP contribution in [0, 0.1) is 6.92 Å². The highest BCUT2D eigenvalue weighted by Crippen LogP contribution is 2.54. The molecule has 0 spiro atoms. The van der Waals surface area contributed by atoms with E-state index in [1.54, 1.807) is 48.5 Å². The van der Waals surface area contributed by atoms with Crippen LogP contribution < -0.4 is 0 Å². The number of carbonyl (C=O) groups excluding carboxylic acids is 4. The molecule has 7 rings (SSSR count). The third kappa shape index (κ3) is 5.45. The predicted molar refractivity (Wildman–Crippen MR) is 192 cm³/mol. The monoisotopic (exact) mass is 662 g/mol. The highest BCUT2D eigenvalue weighted by Gasteiger charge is 2.45. The molecule has 0 unspecified atom stereocenters. The van der Waals surface area contributed by atoms with E-state index < -0.39 is 16.6 Å². The number of hydrogen-bond acceptors (Lipinski definition) is 6. The molecule has 0 aromatic heterocycles. The molecule has 0 saturated carbocycles. The fraction of sp³-hybridized carbons (Fsp3) is 0.227. The molecule has 0 heterocycles. The predicted octanol–water partition coefficient (Wildman–Crippen LogP) is 7.43. The minimum Gasteiger partial charge on any atom is -0.382 e. The lowest BCUT2D eigenvalue weighted by molar-refractivity contribution is 0.0487. The Morgan fingerprint density at radius 3 is 1.44 bits per heavy atom. The van der Waals surface area contributed by atoms with Crippen LogP contribution in [-0.2, 0) is 18.3 Å². The summed E-state index contributed by atoms with van der Waals surface area (Å²) in [5, 5.41) is 20.7. The minimum atomic E-state index is -1.51. The van der Waals surface area contributed by atoms with Gasteiger partial charge >= 0.3 is 0 Å². The summed E-state index contributed by atoms with van der Waals surface area (Å²) in [5.41, 5.74) is 5.42. The molecular formula is C44H38O6. The van der Waals surface area contributed by atoms with Crippen LogP contribution in [0.1, 0.15) is 108 Å². The van der Waals surface area contributed by atoms with E-state index in [0.717, 1.165) is 38.9 Å². The number of fused-ring (bicyclic) bond motifs is 5. The van der Waals surface area contributed by atoms with Gasteiger partial charge in [0.25, 0.3) is 0 Å². The van der Waals surface area contributed by atoms with Gasteiger partial charge in [0.1, 0.15) is 11.2 Å². The van der Waals surface area contributed by atoms with Gasteiger partial charge in [-0.2, -0.15) is 0 Å². The zero-order valence-corrected chi connectivity index (χ0v) is 28.8. The summed E-state index contributed by atoms with van der Waals surface area (Å²) in [6.07, 6.45) is 0.991. The Hall–Kier alpha value is -5.30. The van der Waals surface area contributed by atoms with Gasteiger partial charge in [-0.05, 0) is 93.0 Å². The van der Waals surface area contributed by atoms with Gasteiger partial charge in [0, 0.05) is 38.8 Å². The second-order valence-corrected chi connectivity index (χ2v) is 14.8. The van der Waals surface area contributed by atoms with Gasteiger partial charge in [-0.1, -0.05) is 96.6 Å². The standard InChI is InChI=1S/C44H38O6/c1-25-10-19-30-33-21-34-35(39(46)32-9-7-6-8-31(32)38(34)45)22-37(33)44(36(30)20-25,23-26-11-15-28(16-12-26)40(47)42(2,3)49)24-27-13-17-29(18-14-27)41(48)43(4,5)50/h6-22,49-50H,23-24H2,1-5H3. The molecule has 250 valence electrons. The number of Topliss-reactive ketones (excluding diaryl/α,β-unsaturated/α-hetero) is 2. The van der Waals surface area contributed by atoms with Gasteiger partial charge in [-0.25, -0.2) is 0 Å². The van der Waals surface area contributed by atoms with Crippen LogP contribution in [0.5, 0.6) is 0 Å². The lowest BCUT2D eigenvalue weighted by atomic mass is 9.68. The van der Waals surface area contributed by atoms with E-state index in [2.05, 4.69) is 18.2 Å².